The van der Waals surface area contributed by atoms with Crippen LogP contribution in [0, 0.1) is 5.82 Å². The van der Waals surface area contributed by atoms with Gasteiger partial charge in [-0.25, -0.2) is 4.39 Å². The van der Waals surface area contributed by atoms with Crippen molar-refractivity contribution in [3.8, 4) is 22.6 Å². The van der Waals surface area contributed by atoms with E-state index >= 15 is 0 Å². The number of hydrogen-bond donors (Lipinski definition) is 2. The van der Waals surface area contributed by atoms with Crippen molar-refractivity contribution in [1.82, 2.24) is 0 Å². The van der Waals surface area contributed by atoms with Crippen LogP contribution in [0.2, 0.25) is 0 Å². The molecule has 1 aliphatic rings. The fraction of sp³-hybridized carbons (Fsp3) is 0.136. The summed E-state index contributed by atoms with van der Waals surface area (Å²) >= 11 is 0. The first kappa shape index (κ1) is 16.3. The van der Waals surface area contributed by atoms with Gasteiger partial charge >= 0.3 is 0 Å². The van der Waals surface area contributed by atoms with Gasteiger partial charge in [-0.05, 0) is 59.9 Å². The van der Waals surface area contributed by atoms with Gasteiger partial charge in [0.2, 0.25) is 0 Å². The van der Waals surface area contributed by atoms with E-state index in [1.807, 2.05) is 24.3 Å². The Labute approximate surface area is 150 Å². The molecular weight excluding hydrogens is 331 g/mol. The third-order valence-electron chi connectivity index (χ3n) is 4.98. The van der Waals surface area contributed by atoms with Gasteiger partial charge in [-0.2, -0.15) is 0 Å². The zero-order chi connectivity index (χ0) is 18.3. The molecule has 2 N–H and O–H groups in total. The lowest BCUT2D eigenvalue weighted by Crippen LogP contribution is -2.10. The van der Waals surface area contributed by atoms with Crippen molar-refractivity contribution in [2.24, 2.45) is 0 Å². The first-order valence-electron chi connectivity index (χ1n) is 8.48. The highest BCUT2D eigenvalue weighted by molar-refractivity contribution is 6.04. The quantitative estimate of drug-likeness (QED) is 0.668. The fourth-order valence-corrected chi connectivity index (χ4v) is 3.66. The summed E-state index contributed by atoms with van der Waals surface area (Å²) in [5, 5.41) is 20.2. The Morgan fingerprint density at radius 3 is 2.58 bits per heavy atom. The van der Waals surface area contributed by atoms with Crippen molar-refractivity contribution in [3.05, 3.63) is 83.2 Å². The van der Waals surface area contributed by atoms with Gasteiger partial charge in [-0.15, -0.1) is 0 Å². The number of phenolic OH excluding ortho intramolecular Hbond substituents is 2. The lowest BCUT2D eigenvalue weighted by molar-refractivity contribution is 0.0957. The molecule has 0 saturated heterocycles. The number of benzene rings is 3. The first-order valence-corrected chi connectivity index (χ1v) is 8.48. The monoisotopic (exact) mass is 348 g/mol. The Bertz CT molecular complexity index is 1010. The zero-order valence-electron chi connectivity index (χ0n) is 13.9. The highest BCUT2D eigenvalue weighted by atomic mass is 19.1. The van der Waals surface area contributed by atoms with Crippen molar-refractivity contribution < 1.29 is 19.4 Å². The van der Waals surface area contributed by atoms with Gasteiger partial charge < -0.3 is 10.2 Å². The molecule has 1 unspecified atom stereocenters. The van der Waals surface area contributed by atoms with Gasteiger partial charge in [0.25, 0.3) is 0 Å². The van der Waals surface area contributed by atoms with E-state index in [0.29, 0.717) is 12.0 Å². The van der Waals surface area contributed by atoms with E-state index in [1.165, 1.54) is 30.3 Å². The molecule has 0 aromatic heterocycles. The van der Waals surface area contributed by atoms with Crippen molar-refractivity contribution in [3.63, 3.8) is 0 Å². The number of ketones is 1. The van der Waals surface area contributed by atoms with Crippen LogP contribution in [0.1, 0.15) is 33.8 Å². The molecule has 0 aliphatic heterocycles. The largest absolute Gasteiger partial charge is 0.507 e. The topological polar surface area (TPSA) is 57.5 Å². The second-order valence-corrected chi connectivity index (χ2v) is 6.55. The average molecular weight is 348 g/mol. The SMILES string of the molecule is O=C(c1cc(-c2cc(F)ccc2O)ccc1O)C1CCc2ccccc21. The summed E-state index contributed by atoms with van der Waals surface area (Å²) in [5.74, 6) is -1.14. The van der Waals surface area contributed by atoms with E-state index in [0.717, 1.165) is 17.5 Å². The minimum Gasteiger partial charge on any atom is -0.507 e. The predicted molar refractivity (Wildman–Crippen MR) is 97.0 cm³/mol. The van der Waals surface area contributed by atoms with Gasteiger partial charge in [0.05, 0.1) is 5.56 Å². The normalized spacial score (nSPS) is 15.7. The van der Waals surface area contributed by atoms with Crippen molar-refractivity contribution in [2.75, 3.05) is 0 Å². The maximum absolute atomic E-state index is 13.6. The summed E-state index contributed by atoms with van der Waals surface area (Å²) in [6.07, 6.45) is 1.53. The van der Waals surface area contributed by atoms with Gasteiger partial charge in [-0.1, -0.05) is 30.3 Å². The van der Waals surface area contributed by atoms with Gasteiger partial charge in [-0.3, -0.25) is 4.79 Å². The Morgan fingerprint density at radius 2 is 1.73 bits per heavy atom. The number of phenols is 2. The molecule has 0 spiro atoms. The molecule has 3 aromatic rings. The van der Waals surface area contributed by atoms with Crippen LogP contribution in [0.15, 0.2) is 60.7 Å². The smallest absolute Gasteiger partial charge is 0.174 e. The van der Waals surface area contributed by atoms with Crippen molar-refractivity contribution in [2.45, 2.75) is 18.8 Å². The lowest BCUT2D eigenvalue weighted by atomic mass is 9.90. The number of aryl methyl sites for hydroxylation is 1. The lowest BCUT2D eigenvalue weighted by Gasteiger charge is -2.13. The number of rotatable bonds is 3. The molecule has 4 rings (SSSR count). The third kappa shape index (κ3) is 2.73. The summed E-state index contributed by atoms with van der Waals surface area (Å²) in [4.78, 5) is 13.1. The highest BCUT2D eigenvalue weighted by Gasteiger charge is 2.30. The van der Waals surface area contributed by atoms with Crippen LogP contribution in [0.4, 0.5) is 4.39 Å². The molecule has 0 radical (unpaired) electrons. The number of hydrogen-bond acceptors (Lipinski definition) is 3. The summed E-state index contributed by atoms with van der Waals surface area (Å²) in [6, 6.07) is 16.0. The number of carbonyl (C=O) groups excluding carboxylic acids is 1. The number of aromatic hydroxyl groups is 2. The molecule has 1 aliphatic carbocycles. The van der Waals surface area contributed by atoms with Crippen LogP contribution in [0.25, 0.3) is 11.1 Å². The molecule has 0 saturated carbocycles. The zero-order valence-corrected chi connectivity index (χ0v) is 13.9. The van der Waals surface area contributed by atoms with Crippen LogP contribution >= 0.6 is 0 Å². The molecule has 0 amide bonds. The predicted octanol–water partition coefficient (Wildman–Crippen LogP) is 4.82. The Hall–Kier alpha value is -3.14. The molecule has 0 bridgehead atoms. The second kappa shape index (κ2) is 6.30. The Morgan fingerprint density at radius 1 is 0.962 bits per heavy atom. The average Bonchev–Trinajstić information content (AvgIpc) is 3.08. The fourth-order valence-electron chi connectivity index (χ4n) is 3.66. The molecule has 26 heavy (non-hydrogen) atoms. The number of halogens is 1. The van der Waals surface area contributed by atoms with E-state index in [-0.39, 0.29) is 34.3 Å². The number of Topliss-reactive ketones (excluding diaryl/α,β-unsaturated/α-hetero) is 1. The summed E-state index contributed by atoms with van der Waals surface area (Å²) in [7, 11) is 0. The first-order chi connectivity index (χ1) is 12.5. The molecule has 4 heteroatoms. The van der Waals surface area contributed by atoms with E-state index in [1.54, 1.807) is 6.07 Å². The van der Waals surface area contributed by atoms with E-state index in [2.05, 4.69) is 0 Å². The number of carbonyl (C=O) groups is 1. The third-order valence-corrected chi connectivity index (χ3v) is 4.98. The summed E-state index contributed by atoms with van der Waals surface area (Å²) in [6.45, 7) is 0. The van der Waals surface area contributed by atoms with Crippen LogP contribution in [-0.2, 0) is 6.42 Å². The summed E-state index contributed by atoms with van der Waals surface area (Å²) in [5.41, 5.74) is 3.10. The van der Waals surface area contributed by atoms with Gasteiger partial charge in [0.1, 0.15) is 17.3 Å². The van der Waals surface area contributed by atoms with Crippen LogP contribution in [0.3, 0.4) is 0 Å². The molecule has 1 atom stereocenters. The van der Waals surface area contributed by atoms with E-state index in [9.17, 15) is 19.4 Å². The van der Waals surface area contributed by atoms with Gasteiger partial charge in [0.15, 0.2) is 5.78 Å². The maximum atomic E-state index is 13.6. The molecule has 0 fully saturated rings. The van der Waals surface area contributed by atoms with Crippen LogP contribution < -0.4 is 0 Å². The molecule has 3 aromatic carbocycles. The maximum Gasteiger partial charge on any atom is 0.174 e. The van der Waals surface area contributed by atoms with E-state index < -0.39 is 5.82 Å². The Kier molecular flexibility index (Phi) is 3.96. The highest BCUT2D eigenvalue weighted by Crippen LogP contribution is 2.39. The van der Waals surface area contributed by atoms with Crippen LogP contribution in [-0.4, -0.2) is 16.0 Å². The Balaban J connectivity index is 1.76. The van der Waals surface area contributed by atoms with Crippen molar-refractivity contribution >= 4 is 5.78 Å². The minimum atomic E-state index is -0.483. The van der Waals surface area contributed by atoms with Crippen molar-refractivity contribution in [1.29, 1.82) is 0 Å². The number of fused-ring (bicyclic) bond motifs is 1. The summed E-state index contributed by atoms with van der Waals surface area (Å²) < 4.78 is 13.6. The molecular formula is C22H17FO3. The minimum absolute atomic E-state index is 0.0818. The molecule has 0 heterocycles. The molecule has 130 valence electrons. The standard InChI is InChI=1S/C22H17FO3/c23-15-7-10-20(24)18(12-15)14-6-9-21(25)19(11-14)22(26)17-8-5-13-3-1-2-4-16(13)17/h1-4,6-7,9-12,17,24-25H,5,8H2. The molecule has 3 nitrogen and oxygen atoms in total. The van der Waals surface area contributed by atoms with Crippen LogP contribution in [0.5, 0.6) is 11.5 Å². The second-order valence-electron chi connectivity index (χ2n) is 6.55. The van der Waals surface area contributed by atoms with Gasteiger partial charge in [0, 0.05) is 11.5 Å². The van der Waals surface area contributed by atoms with E-state index in [4.69, 9.17) is 0 Å².